The molecule has 2 saturated heterocycles. The molecule has 2 unspecified atom stereocenters. The number of carbonyl (C=O) groups excluding carboxylic acids is 2. The lowest BCUT2D eigenvalue weighted by Gasteiger charge is -2.34. The topological polar surface area (TPSA) is 62.7 Å². The van der Waals surface area contributed by atoms with Crippen molar-refractivity contribution in [3.63, 3.8) is 0 Å². The molecule has 2 aliphatic rings. The number of carbonyl (C=O) groups is 2. The molecule has 2 aromatic rings. The van der Waals surface area contributed by atoms with Crippen LogP contribution in [0.4, 0.5) is 0 Å². The van der Waals surface area contributed by atoms with Crippen molar-refractivity contribution in [1.82, 2.24) is 14.8 Å². The van der Waals surface area contributed by atoms with E-state index in [1.165, 1.54) is 5.56 Å². The van der Waals surface area contributed by atoms with Crippen LogP contribution in [0.25, 0.3) is 0 Å². The second-order valence-corrected chi connectivity index (χ2v) is 7.84. The summed E-state index contributed by atoms with van der Waals surface area (Å²) >= 11 is 0. The Kier molecular flexibility index (Phi) is 5.79. The number of piperidine rings is 1. The van der Waals surface area contributed by atoms with Crippen LogP contribution in [0, 0.1) is 5.92 Å². The number of amides is 2. The molecule has 0 radical (unpaired) electrons. The average molecular weight is 393 g/mol. The Morgan fingerprint density at radius 1 is 1.00 bits per heavy atom. The van der Waals surface area contributed by atoms with Crippen LogP contribution in [0.5, 0.6) is 5.75 Å². The van der Waals surface area contributed by atoms with Gasteiger partial charge in [-0.1, -0.05) is 18.2 Å². The smallest absolute Gasteiger partial charge is 0.253 e. The Labute approximate surface area is 171 Å². The van der Waals surface area contributed by atoms with Gasteiger partial charge < -0.3 is 14.5 Å². The molecular formula is C23H27N3O3. The Hall–Kier alpha value is -2.89. The molecule has 2 aliphatic heterocycles. The SMILES string of the molecule is COc1ccccc1C1CCN(C(=O)C2CCCN(C(=O)c3ccncc3)C2)C1. The summed E-state index contributed by atoms with van der Waals surface area (Å²) < 4.78 is 5.50. The Morgan fingerprint density at radius 2 is 1.79 bits per heavy atom. The zero-order valence-electron chi connectivity index (χ0n) is 16.8. The molecule has 6 heteroatoms. The lowest BCUT2D eigenvalue weighted by atomic mass is 9.95. The number of ether oxygens (including phenoxy) is 1. The van der Waals surface area contributed by atoms with Crippen molar-refractivity contribution in [2.24, 2.45) is 5.92 Å². The Morgan fingerprint density at radius 3 is 2.59 bits per heavy atom. The monoisotopic (exact) mass is 393 g/mol. The van der Waals surface area contributed by atoms with Crippen LogP contribution in [-0.2, 0) is 4.79 Å². The lowest BCUT2D eigenvalue weighted by molar-refractivity contribution is -0.135. The molecule has 0 saturated carbocycles. The molecule has 0 N–H and O–H groups in total. The molecule has 1 aromatic carbocycles. The van der Waals surface area contributed by atoms with Crippen molar-refractivity contribution in [3.05, 3.63) is 59.9 Å². The summed E-state index contributed by atoms with van der Waals surface area (Å²) in [5, 5.41) is 0. The molecule has 2 amide bonds. The van der Waals surface area contributed by atoms with Gasteiger partial charge in [0.2, 0.25) is 5.91 Å². The fourth-order valence-corrected chi connectivity index (χ4v) is 4.52. The van der Waals surface area contributed by atoms with Crippen molar-refractivity contribution in [2.75, 3.05) is 33.3 Å². The number of aromatic nitrogens is 1. The first kappa shape index (κ1) is 19.4. The number of hydrogen-bond donors (Lipinski definition) is 0. The number of para-hydroxylation sites is 1. The molecule has 0 aliphatic carbocycles. The summed E-state index contributed by atoms with van der Waals surface area (Å²) in [6, 6.07) is 11.5. The number of likely N-dealkylation sites (tertiary alicyclic amines) is 2. The van der Waals surface area contributed by atoms with Crippen molar-refractivity contribution in [3.8, 4) is 5.75 Å². The third-order valence-corrected chi connectivity index (χ3v) is 6.06. The molecule has 0 bridgehead atoms. The molecule has 4 rings (SSSR count). The summed E-state index contributed by atoms with van der Waals surface area (Å²) in [7, 11) is 1.69. The predicted molar refractivity (Wildman–Crippen MR) is 110 cm³/mol. The number of nitrogens with zero attached hydrogens (tertiary/aromatic N) is 3. The van der Waals surface area contributed by atoms with E-state index in [4.69, 9.17) is 4.74 Å². The fraction of sp³-hybridized carbons (Fsp3) is 0.435. The normalized spacial score (nSPS) is 21.8. The minimum atomic E-state index is -0.119. The molecule has 29 heavy (non-hydrogen) atoms. The predicted octanol–water partition coefficient (Wildman–Crippen LogP) is 2.96. The summed E-state index contributed by atoms with van der Waals surface area (Å²) in [6.45, 7) is 2.68. The minimum absolute atomic E-state index is 0.0155. The van der Waals surface area contributed by atoms with E-state index >= 15 is 0 Å². The van der Waals surface area contributed by atoms with Crippen LogP contribution < -0.4 is 4.74 Å². The molecule has 2 fully saturated rings. The maximum absolute atomic E-state index is 13.2. The largest absolute Gasteiger partial charge is 0.496 e. The lowest BCUT2D eigenvalue weighted by Crippen LogP contribution is -2.46. The van der Waals surface area contributed by atoms with Crippen molar-refractivity contribution < 1.29 is 14.3 Å². The first-order valence-electron chi connectivity index (χ1n) is 10.3. The third-order valence-electron chi connectivity index (χ3n) is 6.06. The maximum Gasteiger partial charge on any atom is 0.253 e. The highest BCUT2D eigenvalue weighted by Crippen LogP contribution is 2.34. The van der Waals surface area contributed by atoms with Gasteiger partial charge in [0.25, 0.3) is 5.91 Å². The van der Waals surface area contributed by atoms with Gasteiger partial charge in [-0.25, -0.2) is 0 Å². The number of benzene rings is 1. The van der Waals surface area contributed by atoms with E-state index in [9.17, 15) is 9.59 Å². The Balaban J connectivity index is 1.40. The third kappa shape index (κ3) is 4.11. The second-order valence-electron chi connectivity index (χ2n) is 7.84. The highest BCUT2D eigenvalue weighted by Gasteiger charge is 2.35. The molecule has 152 valence electrons. The zero-order chi connectivity index (χ0) is 20.2. The summed E-state index contributed by atoms with van der Waals surface area (Å²) in [5.74, 6) is 1.23. The molecular weight excluding hydrogens is 366 g/mol. The summed E-state index contributed by atoms with van der Waals surface area (Å²) in [5.41, 5.74) is 1.80. The molecule has 0 spiro atoms. The highest BCUT2D eigenvalue weighted by molar-refractivity contribution is 5.94. The van der Waals surface area contributed by atoms with E-state index in [2.05, 4.69) is 11.1 Å². The van der Waals surface area contributed by atoms with Gasteiger partial charge in [0, 0.05) is 50.1 Å². The number of pyridine rings is 1. The van der Waals surface area contributed by atoms with Crippen LogP contribution in [0.3, 0.4) is 0 Å². The first-order valence-corrected chi connectivity index (χ1v) is 10.3. The number of rotatable bonds is 4. The van der Waals surface area contributed by atoms with E-state index in [0.717, 1.165) is 31.6 Å². The maximum atomic E-state index is 13.2. The first-order chi connectivity index (χ1) is 14.2. The van der Waals surface area contributed by atoms with E-state index in [1.807, 2.05) is 28.0 Å². The number of hydrogen-bond acceptors (Lipinski definition) is 4. The number of methoxy groups -OCH3 is 1. The van der Waals surface area contributed by atoms with Gasteiger partial charge >= 0.3 is 0 Å². The van der Waals surface area contributed by atoms with Crippen LogP contribution in [0.2, 0.25) is 0 Å². The summed E-state index contributed by atoms with van der Waals surface area (Å²) in [6.07, 6.45) is 5.90. The van der Waals surface area contributed by atoms with Gasteiger partial charge in [0.1, 0.15) is 5.75 Å². The van der Waals surface area contributed by atoms with Gasteiger partial charge in [-0.15, -0.1) is 0 Å². The standard InChI is InChI=1S/C23H27N3O3/c1-29-21-7-3-2-6-20(21)18-10-14-26(15-18)23(28)19-5-4-13-25(16-19)22(27)17-8-11-24-12-9-17/h2-3,6-9,11-12,18-19H,4-5,10,13-16H2,1H3. The molecule has 2 atom stereocenters. The molecule has 3 heterocycles. The van der Waals surface area contributed by atoms with E-state index in [-0.39, 0.29) is 17.7 Å². The fourth-order valence-electron chi connectivity index (χ4n) is 4.52. The quantitative estimate of drug-likeness (QED) is 0.801. The molecule has 6 nitrogen and oxygen atoms in total. The summed E-state index contributed by atoms with van der Waals surface area (Å²) in [4.78, 5) is 33.7. The van der Waals surface area contributed by atoms with Gasteiger partial charge in [-0.2, -0.15) is 0 Å². The van der Waals surface area contributed by atoms with Gasteiger partial charge in [0.15, 0.2) is 0 Å². The Bertz CT molecular complexity index is 871. The van der Waals surface area contributed by atoms with Crippen LogP contribution >= 0.6 is 0 Å². The van der Waals surface area contributed by atoms with E-state index < -0.39 is 0 Å². The van der Waals surface area contributed by atoms with Crippen molar-refractivity contribution in [2.45, 2.75) is 25.2 Å². The van der Waals surface area contributed by atoms with Crippen molar-refractivity contribution >= 4 is 11.8 Å². The highest BCUT2D eigenvalue weighted by atomic mass is 16.5. The van der Waals surface area contributed by atoms with Crippen LogP contribution in [0.15, 0.2) is 48.8 Å². The van der Waals surface area contributed by atoms with Gasteiger partial charge in [-0.3, -0.25) is 14.6 Å². The average Bonchev–Trinajstić information content (AvgIpc) is 3.29. The van der Waals surface area contributed by atoms with Crippen LogP contribution in [-0.4, -0.2) is 59.9 Å². The van der Waals surface area contributed by atoms with Crippen LogP contribution in [0.1, 0.15) is 41.1 Å². The second kappa shape index (κ2) is 8.64. The van der Waals surface area contributed by atoms with Crippen molar-refractivity contribution in [1.29, 1.82) is 0 Å². The molecule has 1 aromatic heterocycles. The minimum Gasteiger partial charge on any atom is -0.496 e. The van der Waals surface area contributed by atoms with E-state index in [0.29, 0.717) is 31.1 Å². The zero-order valence-corrected chi connectivity index (χ0v) is 16.8. The van der Waals surface area contributed by atoms with Gasteiger partial charge in [-0.05, 0) is 43.0 Å². The van der Waals surface area contributed by atoms with E-state index in [1.54, 1.807) is 31.6 Å². The van der Waals surface area contributed by atoms with Gasteiger partial charge in [0.05, 0.1) is 13.0 Å².